The van der Waals surface area contributed by atoms with Crippen LogP contribution < -0.4 is 16.7 Å². The maximum absolute atomic E-state index is 11.3. The minimum Gasteiger partial charge on any atom is -0.305 e. The van der Waals surface area contributed by atoms with Gasteiger partial charge in [0.25, 0.3) is 5.56 Å². The third kappa shape index (κ3) is 1.46. The van der Waals surface area contributed by atoms with Crippen LogP contribution in [0.5, 0.6) is 0 Å². The molecule has 2 aromatic rings. The van der Waals surface area contributed by atoms with Crippen LogP contribution in [0.25, 0.3) is 11.0 Å². The zero-order chi connectivity index (χ0) is 10.1. The Labute approximate surface area is 80.4 Å². The molecule has 0 amide bonds. The number of pyridine rings is 1. The van der Waals surface area contributed by atoms with Crippen LogP contribution in [-0.4, -0.2) is 21.6 Å². The monoisotopic (exact) mass is 209 g/mol. The number of hydrogen-bond acceptors (Lipinski definition) is 3. The minimum absolute atomic E-state index is 0.288. The highest BCUT2D eigenvalue weighted by molar-refractivity contribution is 7.45. The van der Waals surface area contributed by atoms with Crippen LogP contribution in [0.1, 0.15) is 0 Å². The number of H-pyrrole nitrogens is 2. The van der Waals surface area contributed by atoms with Crippen molar-refractivity contribution in [1.82, 2.24) is 15.0 Å². The lowest BCUT2D eigenvalue weighted by Crippen LogP contribution is -2.23. The SMILES string of the molecule is CPc1ccc2[nH]c(=O)[nH]c(=O)c2n1. The largest absolute Gasteiger partial charge is 0.326 e. The van der Waals surface area contributed by atoms with Crippen LogP contribution in [0.3, 0.4) is 0 Å². The standard InChI is InChI=1S/C8H8N3O2P/c1-14-5-3-2-4-6(10-5)7(12)11-8(13)9-4/h2-3,14H,1H3,(H2,9,11,12,13). The molecule has 72 valence electrons. The van der Waals surface area contributed by atoms with Gasteiger partial charge in [0.2, 0.25) is 0 Å². The van der Waals surface area contributed by atoms with Gasteiger partial charge in [-0.05, 0) is 18.8 Å². The van der Waals surface area contributed by atoms with Gasteiger partial charge in [0.15, 0.2) is 5.52 Å². The van der Waals surface area contributed by atoms with Gasteiger partial charge in [-0.15, -0.1) is 0 Å². The van der Waals surface area contributed by atoms with E-state index in [0.29, 0.717) is 14.1 Å². The first-order chi connectivity index (χ1) is 6.70. The maximum atomic E-state index is 11.3. The van der Waals surface area contributed by atoms with Crippen molar-refractivity contribution in [1.29, 1.82) is 0 Å². The van der Waals surface area contributed by atoms with Gasteiger partial charge in [0, 0.05) is 0 Å². The number of hydrogen-bond donors (Lipinski definition) is 2. The highest BCUT2D eigenvalue weighted by Crippen LogP contribution is 2.04. The van der Waals surface area contributed by atoms with Crippen LogP contribution in [0.2, 0.25) is 0 Å². The van der Waals surface area contributed by atoms with Gasteiger partial charge >= 0.3 is 5.69 Å². The Morgan fingerprint density at radius 2 is 2.07 bits per heavy atom. The molecule has 5 nitrogen and oxygen atoms in total. The van der Waals surface area contributed by atoms with Crippen molar-refractivity contribution >= 4 is 25.0 Å². The first-order valence-corrected chi connectivity index (χ1v) is 5.52. The van der Waals surface area contributed by atoms with E-state index in [1.807, 2.05) is 6.66 Å². The average molecular weight is 209 g/mol. The number of aromatic nitrogens is 3. The zero-order valence-corrected chi connectivity index (χ0v) is 8.42. The predicted octanol–water partition coefficient (Wildman–Crippen LogP) is -0.455. The predicted molar refractivity (Wildman–Crippen MR) is 56.9 cm³/mol. The molecular weight excluding hydrogens is 201 g/mol. The molecule has 0 aliphatic carbocycles. The summed E-state index contributed by atoms with van der Waals surface area (Å²) in [6.07, 6.45) is 0. The number of nitrogens with zero attached hydrogens (tertiary/aromatic N) is 1. The Balaban J connectivity index is 2.89. The van der Waals surface area contributed by atoms with Crippen molar-refractivity contribution in [2.45, 2.75) is 0 Å². The molecule has 14 heavy (non-hydrogen) atoms. The molecule has 0 aliphatic rings. The van der Waals surface area contributed by atoms with Crippen LogP contribution in [0, 0.1) is 0 Å². The molecular formula is C8H8N3O2P. The van der Waals surface area contributed by atoms with Crippen LogP contribution in [-0.2, 0) is 0 Å². The van der Waals surface area contributed by atoms with Gasteiger partial charge in [-0.25, -0.2) is 9.78 Å². The molecule has 0 aliphatic heterocycles. The Morgan fingerprint density at radius 1 is 1.29 bits per heavy atom. The van der Waals surface area contributed by atoms with Gasteiger partial charge in [-0.1, -0.05) is 8.58 Å². The fourth-order valence-corrected chi connectivity index (χ4v) is 1.66. The molecule has 0 radical (unpaired) electrons. The van der Waals surface area contributed by atoms with E-state index in [-0.39, 0.29) is 5.52 Å². The molecule has 6 heteroatoms. The van der Waals surface area contributed by atoms with Crippen molar-refractivity contribution in [2.24, 2.45) is 0 Å². The van der Waals surface area contributed by atoms with E-state index >= 15 is 0 Å². The molecule has 1 unspecified atom stereocenters. The topological polar surface area (TPSA) is 78.6 Å². The molecule has 0 bridgehead atoms. The first kappa shape index (κ1) is 9.09. The highest BCUT2D eigenvalue weighted by Gasteiger charge is 2.02. The lowest BCUT2D eigenvalue weighted by molar-refractivity contribution is 1.07. The third-order valence-electron chi connectivity index (χ3n) is 1.84. The van der Waals surface area contributed by atoms with E-state index < -0.39 is 11.2 Å². The fraction of sp³-hybridized carbons (Fsp3) is 0.125. The van der Waals surface area contributed by atoms with E-state index in [0.717, 1.165) is 5.44 Å². The number of rotatable bonds is 1. The lowest BCUT2D eigenvalue weighted by atomic mass is 10.4. The van der Waals surface area contributed by atoms with Crippen molar-refractivity contribution < 1.29 is 0 Å². The molecule has 2 aromatic heterocycles. The second-order valence-corrected chi connectivity index (χ2v) is 3.76. The molecule has 0 aromatic carbocycles. The Bertz CT molecular complexity index is 587. The van der Waals surface area contributed by atoms with Crippen molar-refractivity contribution in [3.05, 3.63) is 33.0 Å². The van der Waals surface area contributed by atoms with E-state index in [1.54, 1.807) is 12.1 Å². The van der Waals surface area contributed by atoms with Gasteiger partial charge < -0.3 is 4.98 Å². The summed E-state index contributed by atoms with van der Waals surface area (Å²) in [5.74, 6) is 0. The van der Waals surface area contributed by atoms with Crippen molar-refractivity contribution in [3.63, 3.8) is 0 Å². The lowest BCUT2D eigenvalue weighted by Gasteiger charge is -1.98. The Hall–Kier alpha value is -1.48. The molecule has 1 atom stereocenters. The molecule has 0 saturated heterocycles. The van der Waals surface area contributed by atoms with E-state index in [1.165, 1.54) is 0 Å². The Kier molecular flexibility index (Phi) is 2.17. The second kappa shape index (κ2) is 3.35. The zero-order valence-electron chi connectivity index (χ0n) is 7.42. The number of nitrogens with one attached hydrogen (secondary N) is 2. The van der Waals surface area contributed by atoms with Crippen molar-refractivity contribution in [3.8, 4) is 0 Å². The van der Waals surface area contributed by atoms with Gasteiger partial charge in [0.1, 0.15) is 0 Å². The number of fused-ring (bicyclic) bond motifs is 1. The summed E-state index contributed by atoms with van der Waals surface area (Å²) in [5.41, 5.74) is 0.673. The highest BCUT2D eigenvalue weighted by atomic mass is 31.1. The molecule has 0 fully saturated rings. The molecule has 2 rings (SSSR count). The van der Waals surface area contributed by atoms with E-state index in [4.69, 9.17) is 0 Å². The summed E-state index contributed by atoms with van der Waals surface area (Å²) in [6, 6.07) is 3.50. The second-order valence-electron chi connectivity index (χ2n) is 2.75. The van der Waals surface area contributed by atoms with E-state index in [9.17, 15) is 9.59 Å². The van der Waals surface area contributed by atoms with Crippen LogP contribution >= 0.6 is 8.58 Å². The summed E-state index contributed by atoms with van der Waals surface area (Å²) in [5, 5.41) is 0. The first-order valence-electron chi connectivity index (χ1n) is 4.02. The third-order valence-corrected chi connectivity index (χ3v) is 2.63. The van der Waals surface area contributed by atoms with Gasteiger partial charge in [-0.2, -0.15) is 0 Å². The van der Waals surface area contributed by atoms with Crippen LogP contribution in [0.4, 0.5) is 0 Å². The Morgan fingerprint density at radius 3 is 2.79 bits per heavy atom. The maximum Gasteiger partial charge on any atom is 0.326 e. The van der Waals surface area contributed by atoms with Crippen LogP contribution in [0.15, 0.2) is 21.7 Å². The summed E-state index contributed by atoms with van der Waals surface area (Å²) in [7, 11) is 0.531. The molecule has 0 saturated carbocycles. The molecule has 0 spiro atoms. The number of aromatic amines is 2. The van der Waals surface area contributed by atoms with Gasteiger partial charge in [0.05, 0.1) is 11.0 Å². The average Bonchev–Trinajstić information content (AvgIpc) is 2.17. The molecule has 2 heterocycles. The van der Waals surface area contributed by atoms with Gasteiger partial charge in [-0.3, -0.25) is 9.78 Å². The fourth-order valence-electron chi connectivity index (χ4n) is 1.19. The normalized spacial score (nSPS) is 11.5. The van der Waals surface area contributed by atoms with E-state index in [2.05, 4.69) is 15.0 Å². The summed E-state index contributed by atoms with van der Waals surface area (Å²) < 4.78 is 0. The molecule has 2 N–H and O–H groups in total. The quantitative estimate of drug-likeness (QED) is 0.624. The van der Waals surface area contributed by atoms with Crippen molar-refractivity contribution in [2.75, 3.05) is 6.66 Å². The summed E-state index contributed by atoms with van der Waals surface area (Å²) >= 11 is 0. The summed E-state index contributed by atoms with van der Waals surface area (Å²) in [6.45, 7) is 1.98. The minimum atomic E-state index is -0.504. The smallest absolute Gasteiger partial charge is 0.305 e. The summed E-state index contributed by atoms with van der Waals surface area (Å²) in [4.78, 5) is 31.0.